The molecule has 3 rings (SSSR count). The van der Waals surface area contributed by atoms with Crippen LogP contribution in [-0.2, 0) is 10.0 Å². The number of hydrogen-bond acceptors (Lipinski definition) is 3. The van der Waals surface area contributed by atoms with Crippen LogP contribution in [0, 0.1) is 10.8 Å². The molecule has 0 spiro atoms. The monoisotopic (exact) mass is 335 g/mol. The maximum atomic E-state index is 13.1. The molecule has 4 nitrogen and oxygen atoms in total. The lowest BCUT2D eigenvalue weighted by atomic mass is 9.65. The first-order chi connectivity index (χ1) is 10.5. The van der Waals surface area contributed by atoms with E-state index < -0.39 is 10.0 Å². The quantitative estimate of drug-likeness (QED) is 0.795. The number of Topliss-reactive ketones (excluding diaryl/α,β-unsaturated/α-hetero) is 1. The summed E-state index contributed by atoms with van der Waals surface area (Å²) < 4.78 is 27.8. The van der Waals surface area contributed by atoms with E-state index in [1.165, 1.54) is 6.92 Å². The van der Waals surface area contributed by atoms with Crippen LogP contribution in [0.2, 0.25) is 0 Å². The van der Waals surface area contributed by atoms with E-state index in [-0.39, 0.29) is 27.6 Å². The highest BCUT2D eigenvalue weighted by atomic mass is 32.2. The standard InChI is InChI=1S/C18H25NO3S/c1-13(20)14-5-7-16(8-6-14)23(21,22)19-12-18(4)10-15(19)9-17(2,3)11-18/h5-8,15H,9-12H2,1-4H3/t15-,18+/m0/s1. The van der Waals surface area contributed by atoms with Crippen molar-refractivity contribution >= 4 is 15.8 Å². The minimum absolute atomic E-state index is 0.0553. The van der Waals surface area contributed by atoms with E-state index in [1.807, 2.05) is 0 Å². The SMILES string of the molecule is CC(=O)c1ccc(S(=O)(=O)N2C[C@]3(C)C[C@@H]2CC(C)(C)C3)cc1. The molecule has 0 amide bonds. The van der Waals surface area contributed by atoms with Crippen LogP contribution in [0.25, 0.3) is 0 Å². The normalized spacial score (nSPS) is 30.3. The predicted octanol–water partition coefficient (Wildman–Crippen LogP) is 3.48. The highest BCUT2D eigenvalue weighted by molar-refractivity contribution is 7.89. The van der Waals surface area contributed by atoms with Crippen molar-refractivity contribution in [3.8, 4) is 0 Å². The summed E-state index contributed by atoms with van der Waals surface area (Å²) in [4.78, 5) is 11.7. The van der Waals surface area contributed by atoms with Crippen molar-refractivity contribution in [3.63, 3.8) is 0 Å². The summed E-state index contributed by atoms with van der Waals surface area (Å²) in [5.41, 5.74) is 0.788. The zero-order valence-electron chi connectivity index (χ0n) is 14.3. The molecule has 2 bridgehead atoms. The Morgan fingerprint density at radius 1 is 1.13 bits per heavy atom. The molecule has 0 N–H and O–H groups in total. The molecule has 1 aliphatic heterocycles. The topological polar surface area (TPSA) is 54.5 Å². The van der Waals surface area contributed by atoms with E-state index in [0.29, 0.717) is 12.1 Å². The van der Waals surface area contributed by atoms with Gasteiger partial charge in [-0.25, -0.2) is 8.42 Å². The van der Waals surface area contributed by atoms with Crippen molar-refractivity contribution in [1.29, 1.82) is 0 Å². The summed E-state index contributed by atoms with van der Waals surface area (Å²) in [5, 5.41) is 0. The molecular weight excluding hydrogens is 310 g/mol. The molecule has 2 fully saturated rings. The Hall–Kier alpha value is -1.20. The fourth-order valence-electron chi connectivity index (χ4n) is 4.69. The van der Waals surface area contributed by atoms with Crippen LogP contribution in [-0.4, -0.2) is 31.1 Å². The van der Waals surface area contributed by atoms with Gasteiger partial charge in [-0.1, -0.05) is 32.9 Å². The number of fused-ring (bicyclic) bond motifs is 2. The molecule has 1 aromatic rings. The van der Waals surface area contributed by atoms with Crippen molar-refractivity contribution in [2.75, 3.05) is 6.54 Å². The lowest BCUT2D eigenvalue weighted by Crippen LogP contribution is -2.37. The van der Waals surface area contributed by atoms with Gasteiger partial charge < -0.3 is 0 Å². The first kappa shape index (κ1) is 16.7. The Balaban J connectivity index is 1.93. The average Bonchev–Trinajstić information content (AvgIpc) is 2.68. The maximum absolute atomic E-state index is 13.1. The molecule has 126 valence electrons. The molecule has 1 saturated carbocycles. The largest absolute Gasteiger partial charge is 0.295 e. The Bertz CT molecular complexity index is 736. The molecule has 23 heavy (non-hydrogen) atoms. The van der Waals surface area contributed by atoms with Crippen LogP contribution >= 0.6 is 0 Å². The number of carbonyl (C=O) groups is 1. The molecule has 1 aromatic carbocycles. The van der Waals surface area contributed by atoms with Crippen LogP contribution in [0.4, 0.5) is 0 Å². The van der Waals surface area contributed by atoms with Gasteiger partial charge in [0.15, 0.2) is 5.78 Å². The summed E-state index contributed by atoms with van der Waals surface area (Å²) in [6.07, 6.45) is 2.92. The fourth-order valence-corrected chi connectivity index (χ4v) is 6.46. The summed E-state index contributed by atoms with van der Waals surface area (Å²) in [7, 11) is -3.50. The van der Waals surface area contributed by atoms with Crippen LogP contribution in [0.1, 0.15) is 57.3 Å². The van der Waals surface area contributed by atoms with E-state index in [9.17, 15) is 13.2 Å². The Morgan fingerprint density at radius 2 is 1.74 bits per heavy atom. The molecule has 5 heteroatoms. The second kappa shape index (κ2) is 5.15. The lowest BCUT2D eigenvalue weighted by Gasteiger charge is -2.39. The third kappa shape index (κ3) is 2.96. The van der Waals surface area contributed by atoms with Crippen LogP contribution < -0.4 is 0 Å². The van der Waals surface area contributed by atoms with Crippen LogP contribution in [0.5, 0.6) is 0 Å². The van der Waals surface area contributed by atoms with Gasteiger partial charge >= 0.3 is 0 Å². The highest BCUT2D eigenvalue weighted by Crippen LogP contribution is 2.53. The van der Waals surface area contributed by atoms with E-state index >= 15 is 0 Å². The summed E-state index contributed by atoms with van der Waals surface area (Å²) >= 11 is 0. The zero-order valence-corrected chi connectivity index (χ0v) is 15.1. The highest BCUT2D eigenvalue weighted by Gasteiger charge is 2.53. The molecular formula is C18H25NO3S. The smallest absolute Gasteiger partial charge is 0.243 e. The van der Waals surface area contributed by atoms with Crippen LogP contribution in [0.3, 0.4) is 0 Å². The summed E-state index contributed by atoms with van der Waals surface area (Å²) in [5.74, 6) is -0.0553. The zero-order chi connectivity index (χ0) is 17.0. The van der Waals surface area contributed by atoms with Crippen molar-refractivity contribution < 1.29 is 13.2 Å². The Labute approximate surface area is 138 Å². The van der Waals surface area contributed by atoms with Gasteiger partial charge in [0.2, 0.25) is 10.0 Å². The minimum atomic E-state index is -3.50. The van der Waals surface area contributed by atoms with Gasteiger partial charge in [0, 0.05) is 18.2 Å². The average molecular weight is 335 g/mol. The summed E-state index contributed by atoms with van der Waals surface area (Å²) in [6, 6.07) is 6.40. The molecule has 0 radical (unpaired) electrons. The molecule has 2 atom stereocenters. The van der Waals surface area contributed by atoms with Crippen molar-refractivity contribution in [2.45, 2.75) is 57.9 Å². The number of carbonyl (C=O) groups excluding carboxylic acids is 1. The van der Waals surface area contributed by atoms with E-state index in [0.717, 1.165) is 19.3 Å². The van der Waals surface area contributed by atoms with Crippen molar-refractivity contribution in [1.82, 2.24) is 4.31 Å². The van der Waals surface area contributed by atoms with Crippen LogP contribution in [0.15, 0.2) is 29.2 Å². The Morgan fingerprint density at radius 3 is 2.30 bits per heavy atom. The van der Waals surface area contributed by atoms with E-state index in [1.54, 1.807) is 28.6 Å². The van der Waals surface area contributed by atoms with Gasteiger partial charge in [-0.2, -0.15) is 4.31 Å². The number of benzene rings is 1. The second-order valence-corrected chi connectivity index (χ2v) is 10.2. The van der Waals surface area contributed by atoms with Crippen molar-refractivity contribution in [2.24, 2.45) is 10.8 Å². The van der Waals surface area contributed by atoms with Gasteiger partial charge in [-0.15, -0.1) is 0 Å². The van der Waals surface area contributed by atoms with Gasteiger partial charge in [-0.05, 0) is 49.1 Å². The number of ketones is 1. The minimum Gasteiger partial charge on any atom is -0.295 e. The number of hydrogen-bond donors (Lipinski definition) is 0. The first-order valence-corrected chi connectivity index (χ1v) is 9.59. The van der Waals surface area contributed by atoms with Gasteiger partial charge in [0.05, 0.1) is 4.90 Å². The predicted molar refractivity (Wildman–Crippen MR) is 89.9 cm³/mol. The van der Waals surface area contributed by atoms with Crippen molar-refractivity contribution in [3.05, 3.63) is 29.8 Å². The van der Waals surface area contributed by atoms with Gasteiger partial charge in [0.1, 0.15) is 0 Å². The van der Waals surface area contributed by atoms with Gasteiger partial charge in [0.25, 0.3) is 0 Å². The van der Waals surface area contributed by atoms with E-state index in [4.69, 9.17) is 0 Å². The molecule has 2 aliphatic rings. The molecule has 1 saturated heterocycles. The number of sulfonamides is 1. The maximum Gasteiger partial charge on any atom is 0.243 e. The molecule has 0 unspecified atom stereocenters. The molecule has 1 heterocycles. The van der Waals surface area contributed by atoms with E-state index in [2.05, 4.69) is 20.8 Å². The fraction of sp³-hybridized carbons (Fsp3) is 0.611. The lowest BCUT2D eigenvalue weighted by molar-refractivity contribution is 0.101. The second-order valence-electron chi connectivity index (χ2n) is 8.34. The molecule has 0 aromatic heterocycles. The third-order valence-electron chi connectivity index (χ3n) is 5.23. The summed E-state index contributed by atoms with van der Waals surface area (Å²) in [6.45, 7) is 8.74. The third-order valence-corrected chi connectivity index (χ3v) is 7.15. The van der Waals surface area contributed by atoms with Gasteiger partial charge in [-0.3, -0.25) is 4.79 Å². The number of rotatable bonds is 3. The Kier molecular flexibility index (Phi) is 3.73. The number of nitrogens with zero attached hydrogens (tertiary/aromatic N) is 1. The first-order valence-electron chi connectivity index (χ1n) is 8.15. The molecule has 1 aliphatic carbocycles.